The molecule has 7 heteroatoms. The number of rotatable bonds is 4. The molecule has 1 heterocycles. The van der Waals surface area contributed by atoms with Crippen molar-refractivity contribution in [1.29, 1.82) is 0 Å². The molecule has 0 saturated heterocycles. The third-order valence-electron chi connectivity index (χ3n) is 5.03. The minimum Gasteiger partial charge on any atom is -0.465 e. The average Bonchev–Trinajstić information content (AvgIpc) is 3.16. The third kappa shape index (κ3) is 5.05. The molecule has 2 aromatic carbocycles. The maximum absolute atomic E-state index is 13.1. The highest BCUT2D eigenvalue weighted by Gasteiger charge is 2.32. The number of ether oxygens (including phenoxy) is 2. The van der Waals surface area contributed by atoms with Gasteiger partial charge in [-0.1, -0.05) is 24.3 Å². The quantitative estimate of drug-likeness (QED) is 0.741. The highest BCUT2D eigenvalue weighted by atomic mass is 16.6. The van der Waals surface area contributed by atoms with E-state index < -0.39 is 17.7 Å². The number of carbonyl (C=O) groups excluding carboxylic acids is 3. The maximum Gasteiger partial charge on any atom is 0.414 e. The van der Waals surface area contributed by atoms with Crippen molar-refractivity contribution in [3.8, 4) is 0 Å². The van der Waals surface area contributed by atoms with Gasteiger partial charge in [-0.2, -0.15) is 0 Å². The summed E-state index contributed by atoms with van der Waals surface area (Å²) in [4.78, 5) is 38.9. The van der Waals surface area contributed by atoms with E-state index in [0.29, 0.717) is 29.8 Å². The Hall–Kier alpha value is -3.35. The van der Waals surface area contributed by atoms with Crippen molar-refractivity contribution in [2.45, 2.75) is 45.8 Å². The fraction of sp³-hybridized carbons (Fsp3) is 0.375. The second-order valence-electron chi connectivity index (χ2n) is 8.50. The molecule has 2 aromatic rings. The van der Waals surface area contributed by atoms with Crippen molar-refractivity contribution >= 4 is 23.7 Å². The van der Waals surface area contributed by atoms with Gasteiger partial charge in [0.15, 0.2) is 0 Å². The summed E-state index contributed by atoms with van der Waals surface area (Å²) < 4.78 is 10.2. The number of amides is 2. The number of benzene rings is 2. The molecule has 0 radical (unpaired) electrons. The average molecular weight is 424 g/mol. The Labute approximate surface area is 182 Å². The molecule has 1 aliphatic rings. The lowest BCUT2D eigenvalue weighted by molar-refractivity contribution is 0.0579. The summed E-state index contributed by atoms with van der Waals surface area (Å²) in [7, 11) is 1.33. The molecule has 0 fully saturated rings. The molecule has 2 amide bonds. The van der Waals surface area contributed by atoms with Crippen molar-refractivity contribution in [2.75, 3.05) is 18.6 Å². The lowest BCUT2D eigenvalue weighted by atomic mass is 10.0. The first kappa shape index (κ1) is 22.3. The molecule has 1 unspecified atom stereocenters. The van der Waals surface area contributed by atoms with E-state index in [1.54, 1.807) is 30.3 Å². The highest BCUT2D eigenvalue weighted by Crippen LogP contribution is 2.33. The van der Waals surface area contributed by atoms with E-state index in [1.807, 2.05) is 39.8 Å². The Morgan fingerprint density at radius 2 is 1.74 bits per heavy atom. The van der Waals surface area contributed by atoms with E-state index in [2.05, 4.69) is 5.32 Å². The van der Waals surface area contributed by atoms with Crippen LogP contribution in [0.5, 0.6) is 0 Å². The topological polar surface area (TPSA) is 84.9 Å². The number of methoxy groups -OCH3 is 1. The highest BCUT2D eigenvalue weighted by molar-refractivity contribution is 6.05. The van der Waals surface area contributed by atoms with Crippen molar-refractivity contribution in [3.63, 3.8) is 0 Å². The van der Waals surface area contributed by atoms with E-state index in [1.165, 1.54) is 12.0 Å². The standard InChI is InChI=1S/C24H28N2O5/c1-15(16-9-11-18(12-10-16)22(28)30-5)25-21(27)19-8-6-7-17-13-14-26(20(17)19)23(29)31-24(2,3)4/h6-12,15H,13-14H2,1-5H3,(H,25,27). The van der Waals surface area contributed by atoms with Crippen molar-refractivity contribution in [2.24, 2.45) is 0 Å². The summed E-state index contributed by atoms with van der Waals surface area (Å²) >= 11 is 0. The summed E-state index contributed by atoms with van der Waals surface area (Å²) in [5.41, 5.74) is 2.63. The van der Waals surface area contributed by atoms with Crippen LogP contribution in [-0.4, -0.2) is 37.2 Å². The van der Waals surface area contributed by atoms with Crippen molar-refractivity contribution in [3.05, 3.63) is 64.7 Å². The van der Waals surface area contributed by atoms with Crippen LogP contribution in [0.25, 0.3) is 0 Å². The fourth-order valence-corrected chi connectivity index (χ4v) is 3.52. The van der Waals surface area contributed by atoms with Gasteiger partial charge in [0, 0.05) is 6.54 Å². The predicted molar refractivity (Wildman–Crippen MR) is 117 cm³/mol. The van der Waals surface area contributed by atoms with E-state index in [-0.39, 0.29) is 11.9 Å². The van der Waals surface area contributed by atoms with E-state index in [0.717, 1.165) is 11.1 Å². The Morgan fingerprint density at radius 3 is 2.35 bits per heavy atom. The molecule has 3 rings (SSSR count). The molecular formula is C24H28N2O5. The Morgan fingerprint density at radius 1 is 1.06 bits per heavy atom. The number of fused-ring (bicyclic) bond motifs is 1. The molecule has 1 atom stereocenters. The second-order valence-corrected chi connectivity index (χ2v) is 8.50. The molecule has 0 saturated carbocycles. The van der Waals surface area contributed by atoms with Gasteiger partial charge in [0.2, 0.25) is 0 Å². The molecular weight excluding hydrogens is 396 g/mol. The van der Waals surface area contributed by atoms with Gasteiger partial charge in [-0.05, 0) is 63.4 Å². The summed E-state index contributed by atoms with van der Waals surface area (Å²) in [6, 6.07) is 12.0. The maximum atomic E-state index is 13.1. The number of para-hydroxylation sites is 1. The smallest absolute Gasteiger partial charge is 0.414 e. The van der Waals surface area contributed by atoms with Gasteiger partial charge >= 0.3 is 12.1 Å². The molecule has 0 spiro atoms. The Balaban J connectivity index is 1.79. The SMILES string of the molecule is COC(=O)c1ccc(C(C)NC(=O)c2cccc3c2N(C(=O)OC(C)(C)C)CC3)cc1. The van der Waals surface area contributed by atoms with Gasteiger partial charge in [0.25, 0.3) is 5.91 Å². The van der Waals surface area contributed by atoms with Crippen molar-refractivity contribution in [1.82, 2.24) is 5.32 Å². The number of carbonyl (C=O) groups is 3. The monoisotopic (exact) mass is 424 g/mol. The van der Waals surface area contributed by atoms with Gasteiger partial charge in [-0.3, -0.25) is 9.69 Å². The number of hydrogen-bond donors (Lipinski definition) is 1. The van der Waals surface area contributed by atoms with Gasteiger partial charge in [-0.15, -0.1) is 0 Å². The lowest BCUT2D eigenvalue weighted by Crippen LogP contribution is -2.37. The van der Waals surface area contributed by atoms with Crippen LogP contribution in [0, 0.1) is 0 Å². The van der Waals surface area contributed by atoms with E-state index >= 15 is 0 Å². The zero-order valence-corrected chi connectivity index (χ0v) is 18.5. The fourth-order valence-electron chi connectivity index (χ4n) is 3.52. The summed E-state index contributed by atoms with van der Waals surface area (Å²) in [6.45, 7) is 7.77. The first-order chi connectivity index (χ1) is 14.6. The molecule has 0 aliphatic carbocycles. The summed E-state index contributed by atoms with van der Waals surface area (Å²) in [5.74, 6) is -0.692. The van der Waals surface area contributed by atoms with Crippen LogP contribution >= 0.6 is 0 Å². The molecule has 164 valence electrons. The molecule has 0 bridgehead atoms. The molecule has 31 heavy (non-hydrogen) atoms. The third-order valence-corrected chi connectivity index (χ3v) is 5.03. The Bertz CT molecular complexity index is 992. The van der Waals surface area contributed by atoms with Gasteiger partial charge < -0.3 is 14.8 Å². The van der Waals surface area contributed by atoms with Crippen LogP contribution in [0.15, 0.2) is 42.5 Å². The normalized spacial score (nSPS) is 13.9. The molecule has 1 aliphatic heterocycles. The van der Waals surface area contributed by atoms with Crippen LogP contribution < -0.4 is 10.2 Å². The van der Waals surface area contributed by atoms with Crippen LogP contribution in [0.3, 0.4) is 0 Å². The predicted octanol–water partition coefficient (Wildman–Crippen LogP) is 4.26. The van der Waals surface area contributed by atoms with Crippen LogP contribution in [0.2, 0.25) is 0 Å². The minimum absolute atomic E-state index is 0.281. The number of nitrogens with zero attached hydrogens (tertiary/aromatic N) is 1. The molecule has 1 N–H and O–H groups in total. The second kappa shape index (κ2) is 8.79. The number of anilines is 1. The largest absolute Gasteiger partial charge is 0.465 e. The molecule has 0 aromatic heterocycles. The zero-order valence-electron chi connectivity index (χ0n) is 18.5. The molecule has 7 nitrogen and oxygen atoms in total. The van der Waals surface area contributed by atoms with Gasteiger partial charge in [0.1, 0.15) is 5.60 Å². The van der Waals surface area contributed by atoms with Crippen molar-refractivity contribution < 1.29 is 23.9 Å². The summed E-state index contributed by atoms with van der Waals surface area (Å²) in [5, 5.41) is 2.98. The zero-order chi connectivity index (χ0) is 22.8. The minimum atomic E-state index is -0.623. The van der Waals surface area contributed by atoms with Crippen LogP contribution in [-0.2, 0) is 15.9 Å². The van der Waals surface area contributed by atoms with Crippen LogP contribution in [0.1, 0.15) is 65.6 Å². The van der Waals surface area contributed by atoms with Crippen LogP contribution in [0.4, 0.5) is 10.5 Å². The number of esters is 1. The first-order valence-electron chi connectivity index (χ1n) is 10.2. The van der Waals surface area contributed by atoms with E-state index in [9.17, 15) is 14.4 Å². The van der Waals surface area contributed by atoms with Gasteiger partial charge in [-0.25, -0.2) is 9.59 Å². The number of hydrogen-bond acceptors (Lipinski definition) is 5. The Kier molecular flexibility index (Phi) is 6.34. The number of nitrogens with one attached hydrogen (secondary N) is 1. The first-order valence-corrected chi connectivity index (χ1v) is 10.2. The van der Waals surface area contributed by atoms with E-state index in [4.69, 9.17) is 9.47 Å². The summed E-state index contributed by atoms with van der Waals surface area (Å²) in [6.07, 6.45) is 0.207. The van der Waals surface area contributed by atoms with Gasteiger partial charge in [0.05, 0.1) is 30.0 Å². The lowest BCUT2D eigenvalue weighted by Gasteiger charge is -2.26.